The third-order valence-electron chi connectivity index (χ3n) is 13.6. The molecule has 7 heteroatoms. The van der Waals surface area contributed by atoms with Gasteiger partial charge >= 0.3 is 18.0 Å². The standard InChI is InChI=1S/C23H31NO4.C16H26O2/c1-2-27-21(25)18-9-6-12-23(14-18)19-11-10-17(13-19)20(23)24-22(26)28-15-16-7-4-3-5-8-16;1-3-18-15(17)13-5-4-8-16(10-13)11(2)12-6-7-14(16)9-12/h3-5,7-8,17-20H,2,6,9-15H2,1H3,(H,24,26);11-14H,3-10H2,1-2H3/t17-,18+,19+,20-,23-;11-,12-,13+,14+,16+/m10/s1. The van der Waals surface area contributed by atoms with Gasteiger partial charge in [0.1, 0.15) is 6.61 Å². The summed E-state index contributed by atoms with van der Waals surface area (Å²) in [5.41, 5.74) is 1.52. The first-order chi connectivity index (χ1) is 22.3. The van der Waals surface area contributed by atoms with Crippen molar-refractivity contribution in [2.24, 2.45) is 52.3 Å². The van der Waals surface area contributed by atoms with Crippen molar-refractivity contribution >= 4 is 18.0 Å². The molecule has 1 aromatic carbocycles. The van der Waals surface area contributed by atoms with Crippen LogP contribution in [-0.4, -0.2) is 37.3 Å². The molecule has 46 heavy (non-hydrogen) atoms. The molecule has 7 rings (SSSR count). The van der Waals surface area contributed by atoms with Gasteiger partial charge in [-0.25, -0.2) is 4.79 Å². The number of carbonyl (C=O) groups is 3. The molecule has 6 fully saturated rings. The molecule has 6 aliphatic rings. The Labute approximate surface area is 276 Å². The zero-order valence-electron chi connectivity index (χ0n) is 28.5. The highest BCUT2D eigenvalue weighted by Gasteiger charge is 2.60. The fraction of sp³-hybridized carbons (Fsp3) is 0.769. The van der Waals surface area contributed by atoms with E-state index < -0.39 is 0 Å². The lowest BCUT2D eigenvalue weighted by Crippen LogP contribution is -2.54. The minimum absolute atomic E-state index is 0.0299. The van der Waals surface area contributed by atoms with E-state index in [0.717, 1.165) is 61.8 Å². The molecule has 6 aliphatic carbocycles. The summed E-state index contributed by atoms with van der Waals surface area (Å²) < 4.78 is 16.1. The molecule has 0 heterocycles. The average molecular weight is 636 g/mol. The van der Waals surface area contributed by atoms with E-state index in [1.165, 1.54) is 51.4 Å². The van der Waals surface area contributed by atoms with Crippen LogP contribution in [0.5, 0.6) is 0 Å². The molecule has 2 spiro atoms. The van der Waals surface area contributed by atoms with Crippen LogP contribution < -0.4 is 5.32 Å². The SMILES string of the molecule is CCOC(=O)[C@@H]1CCC[C@]2(C1)[C@@H]1CC[C@@H](C1)[C@@H]2C.CCOC(=O)[C@H]1CCC[C@@]2(C1)[C@H]1CC[C@H](C1)[C@H]2NC(=O)OCc1ccccc1. The molecule has 0 radical (unpaired) electrons. The molecule has 1 N–H and O–H groups in total. The van der Waals surface area contributed by atoms with Gasteiger partial charge in [0.2, 0.25) is 0 Å². The van der Waals surface area contributed by atoms with Gasteiger partial charge in [-0.1, -0.05) is 50.1 Å². The Kier molecular flexibility index (Phi) is 10.3. The Bertz CT molecular complexity index is 1220. The van der Waals surface area contributed by atoms with Crippen LogP contribution in [0.15, 0.2) is 30.3 Å². The smallest absolute Gasteiger partial charge is 0.407 e. The van der Waals surface area contributed by atoms with Crippen molar-refractivity contribution < 1.29 is 28.6 Å². The number of alkyl carbamates (subject to hydrolysis) is 1. The molecule has 1 amide bonds. The van der Waals surface area contributed by atoms with Gasteiger partial charge < -0.3 is 19.5 Å². The molecule has 0 unspecified atom stereocenters. The highest BCUT2D eigenvalue weighted by molar-refractivity contribution is 5.73. The molecule has 6 saturated carbocycles. The summed E-state index contributed by atoms with van der Waals surface area (Å²) in [6, 6.07) is 9.87. The molecular weight excluding hydrogens is 578 g/mol. The monoisotopic (exact) mass is 635 g/mol. The van der Waals surface area contributed by atoms with Gasteiger partial charge in [-0.05, 0) is 137 Å². The molecule has 7 nitrogen and oxygen atoms in total. The molecule has 0 aliphatic heterocycles. The van der Waals surface area contributed by atoms with Gasteiger partial charge in [0.05, 0.1) is 25.0 Å². The van der Waals surface area contributed by atoms with Crippen molar-refractivity contribution in [2.75, 3.05) is 13.2 Å². The van der Waals surface area contributed by atoms with Crippen molar-refractivity contribution in [1.29, 1.82) is 0 Å². The van der Waals surface area contributed by atoms with E-state index in [1.807, 2.05) is 44.2 Å². The van der Waals surface area contributed by atoms with E-state index in [-0.39, 0.29) is 47.9 Å². The van der Waals surface area contributed by atoms with Crippen molar-refractivity contribution in [1.82, 2.24) is 5.32 Å². The summed E-state index contributed by atoms with van der Waals surface area (Å²) in [5.74, 6) is 4.00. The Morgan fingerprint density at radius 3 is 1.91 bits per heavy atom. The second kappa shape index (κ2) is 14.3. The van der Waals surface area contributed by atoms with Crippen LogP contribution in [0.1, 0.15) is 116 Å². The number of hydrogen-bond donors (Lipinski definition) is 1. The van der Waals surface area contributed by atoms with Crippen LogP contribution in [-0.2, 0) is 30.4 Å². The third-order valence-corrected chi connectivity index (χ3v) is 13.6. The summed E-state index contributed by atoms with van der Waals surface area (Å²) in [4.78, 5) is 37.0. The van der Waals surface area contributed by atoms with Gasteiger partial charge in [-0.15, -0.1) is 0 Å². The van der Waals surface area contributed by atoms with Crippen molar-refractivity contribution in [3.8, 4) is 0 Å². The molecule has 254 valence electrons. The predicted octanol–water partition coefficient (Wildman–Crippen LogP) is 8.24. The summed E-state index contributed by atoms with van der Waals surface area (Å²) >= 11 is 0. The van der Waals surface area contributed by atoms with E-state index in [1.54, 1.807) is 0 Å². The zero-order valence-corrected chi connectivity index (χ0v) is 28.5. The van der Waals surface area contributed by atoms with Crippen LogP contribution in [0.25, 0.3) is 0 Å². The number of rotatable bonds is 7. The molecule has 4 bridgehead atoms. The topological polar surface area (TPSA) is 90.9 Å². The lowest BCUT2D eigenvalue weighted by Gasteiger charge is -2.48. The van der Waals surface area contributed by atoms with E-state index in [4.69, 9.17) is 14.2 Å². The molecule has 10 atom stereocenters. The van der Waals surface area contributed by atoms with Gasteiger partial charge in [0, 0.05) is 6.04 Å². The molecule has 0 aromatic heterocycles. The summed E-state index contributed by atoms with van der Waals surface area (Å²) in [6.07, 6.45) is 16.2. The number of carbonyl (C=O) groups excluding carboxylic acids is 3. The van der Waals surface area contributed by atoms with Crippen molar-refractivity contribution in [2.45, 2.75) is 123 Å². The maximum Gasteiger partial charge on any atom is 0.407 e. The van der Waals surface area contributed by atoms with Crippen LogP contribution in [0.3, 0.4) is 0 Å². The first kappa shape index (κ1) is 33.3. The Morgan fingerprint density at radius 1 is 0.739 bits per heavy atom. The number of hydrogen-bond acceptors (Lipinski definition) is 6. The minimum Gasteiger partial charge on any atom is -0.466 e. The van der Waals surface area contributed by atoms with Gasteiger partial charge in [0.15, 0.2) is 0 Å². The number of esters is 2. The lowest BCUT2D eigenvalue weighted by atomic mass is 9.57. The van der Waals surface area contributed by atoms with Crippen LogP contribution >= 0.6 is 0 Å². The van der Waals surface area contributed by atoms with Crippen molar-refractivity contribution in [3.63, 3.8) is 0 Å². The van der Waals surface area contributed by atoms with Crippen LogP contribution in [0, 0.1) is 52.3 Å². The number of benzene rings is 1. The van der Waals surface area contributed by atoms with E-state index in [2.05, 4.69) is 12.2 Å². The normalized spacial score (nSPS) is 38.7. The largest absolute Gasteiger partial charge is 0.466 e. The number of fused-ring (bicyclic) bond motifs is 6. The highest BCUT2D eigenvalue weighted by Crippen LogP contribution is 2.66. The zero-order chi connectivity index (χ0) is 32.3. The van der Waals surface area contributed by atoms with Crippen molar-refractivity contribution in [3.05, 3.63) is 35.9 Å². The van der Waals surface area contributed by atoms with E-state index >= 15 is 0 Å². The fourth-order valence-electron chi connectivity index (χ4n) is 11.6. The maximum atomic E-state index is 12.6. The second-order valence-corrected chi connectivity index (χ2v) is 15.6. The predicted molar refractivity (Wildman–Crippen MR) is 176 cm³/mol. The number of nitrogens with one attached hydrogen (secondary N) is 1. The number of ether oxygens (including phenoxy) is 3. The average Bonchev–Trinajstić information content (AvgIpc) is 3.86. The fourth-order valence-corrected chi connectivity index (χ4v) is 11.6. The minimum atomic E-state index is -0.334. The van der Waals surface area contributed by atoms with E-state index in [0.29, 0.717) is 30.5 Å². The summed E-state index contributed by atoms with van der Waals surface area (Å²) in [6.45, 7) is 7.48. The first-order valence-electron chi connectivity index (χ1n) is 18.6. The maximum absolute atomic E-state index is 12.6. The van der Waals surface area contributed by atoms with E-state index in [9.17, 15) is 14.4 Å². The summed E-state index contributed by atoms with van der Waals surface area (Å²) in [7, 11) is 0. The third kappa shape index (κ3) is 6.45. The second-order valence-electron chi connectivity index (χ2n) is 15.6. The van der Waals surface area contributed by atoms with Gasteiger partial charge in [-0.2, -0.15) is 0 Å². The number of amides is 1. The van der Waals surface area contributed by atoms with Crippen LogP contribution in [0.2, 0.25) is 0 Å². The quantitative estimate of drug-likeness (QED) is 0.240. The Balaban J connectivity index is 0.000000178. The Hall–Kier alpha value is -2.57. The van der Waals surface area contributed by atoms with Crippen LogP contribution in [0.4, 0.5) is 4.79 Å². The van der Waals surface area contributed by atoms with Gasteiger partial charge in [-0.3, -0.25) is 9.59 Å². The molecular formula is C39H57NO6. The summed E-state index contributed by atoms with van der Waals surface area (Å²) in [5, 5.41) is 3.22. The molecule has 1 aromatic rings. The van der Waals surface area contributed by atoms with Gasteiger partial charge in [0.25, 0.3) is 0 Å². The molecule has 0 saturated heterocycles. The first-order valence-corrected chi connectivity index (χ1v) is 18.6. The Morgan fingerprint density at radius 2 is 1.30 bits per heavy atom. The highest BCUT2D eigenvalue weighted by atomic mass is 16.5. The lowest BCUT2D eigenvalue weighted by molar-refractivity contribution is -0.153.